The maximum absolute atomic E-state index is 5.70. The summed E-state index contributed by atoms with van der Waals surface area (Å²) in [5.74, 6) is 0. The van der Waals surface area contributed by atoms with Gasteiger partial charge in [0.2, 0.25) is 0 Å². The second-order valence-corrected chi connectivity index (χ2v) is 4.73. The monoisotopic (exact) mass is 244 g/mol. The number of hydrogen-bond donors (Lipinski definition) is 0. The fraction of sp³-hybridized carbons (Fsp3) is 1.00. The SMILES string of the molecule is CCCCCCCCC(OCCC)OCCC. The van der Waals surface area contributed by atoms with Crippen molar-refractivity contribution in [2.75, 3.05) is 13.2 Å². The van der Waals surface area contributed by atoms with Crippen LogP contribution in [0.4, 0.5) is 0 Å². The fourth-order valence-electron chi connectivity index (χ4n) is 1.80. The smallest absolute Gasteiger partial charge is 0.157 e. The van der Waals surface area contributed by atoms with Crippen molar-refractivity contribution in [3.63, 3.8) is 0 Å². The molecule has 0 unspecified atom stereocenters. The van der Waals surface area contributed by atoms with E-state index in [0.29, 0.717) is 0 Å². The van der Waals surface area contributed by atoms with Gasteiger partial charge in [-0.05, 0) is 25.7 Å². The second-order valence-electron chi connectivity index (χ2n) is 4.73. The third-order valence-corrected chi connectivity index (χ3v) is 2.81. The van der Waals surface area contributed by atoms with Crippen molar-refractivity contribution in [1.82, 2.24) is 0 Å². The summed E-state index contributed by atoms with van der Waals surface area (Å²) in [5.41, 5.74) is 0. The summed E-state index contributed by atoms with van der Waals surface area (Å²) in [4.78, 5) is 0. The molecule has 0 fully saturated rings. The molecule has 0 spiro atoms. The molecule has 104 valence electrons. The van der Waals surface area contributed by atoms with E-state index in [4.69, 9.17) is 9.47 Å². The van der Waals surface area contributed by atoms with Crippen LogP contribution in [0.25, 0.3) is 0 Å². The third kappa shape index (κ3) is 12.2. The number of hydrogen-bond acceptors (Lipinski definition) is 2. The first-order chi connectivity index (χ1) is 8.35. The molecule has 0 saturated carbocycles. The topological polar surface area (TPSA) is 18.5 Å². The van der Waals surface area contributed by atoms with Gasteiger partial charge < -0.3 is 9.47 Å². The summed E-state index contributed by atoms with van der Waals surface area (Å²) in [6.45, 7) is 8.19. The van der Waals surface area contributed by atoms with E-state index < -0.39 is 0 Å². The van der Waals surface area contributed by atoms with Crippen LogP contribution in [0.2, 0.25) is 0 Å². The van der Waals surface area contributed by atoms with Gasteiger partial charge in [-0.25, -0.2) is 0 Å². The molecule has 0 aromatic heterocycles. The van der Waals surface area contributed by atoms with E-state index in [2.05, 4.69) is 20.8 Å². The molecule has 0 radical (unpaired) electrons. The highest BCUT2D eigenvalue weighted by Crippen LogP contribution is 2.11. The molecule has 0 aliphatic carbocycles. The Bertz CT molecular complexity index is 129. The Kier molecular flexibility index (Phi) is 13.9. The summed E-state index contributed by atoms with van der Waals surface area (Å²) in [6.07, 6.45) is 11.3. The Balaban J connectivity index is 3.45. The molecule has 0 amide bonds. The van der Waals surface area contributed by atoms with Gasteiger partial charge in [-0.3, -0.25) is 0 Å². The molecule has 0 atom stereocenters. The zero-order valence-corrected chi connectivity index (χ0v) is 12.2. The standard InChI is InChI=1S/C15H32O2/c1-4-7-8-9-10-11-12-15(16-13-5-2)17-14-6-3/h15H,4-14H2,1-3H3. The van der Waals surface area contributed by atoms with Gasteiger partial charge in [0.25, 0.3) is 0 Å². The summed E-state index contributed by atoms with van der Waals surface area (Å²) >= 11 is 0. The molecule has 17 heavy (non-hydrogen) atoms. The zero-order chi connectivity index (χ0) is 12.8. The molecule has 0 saturated heterocycles. The lowest BCUT2D eigenvalue weighted by atomic mass is 10.1. The second kappa shape index (κ2) is 14.0. The summed E-state index contributed by atoms with van der Waals surface area (Å²) in [5, 5.41) is 0. The minimum absolute atomic E-state index is 0.0427. The van der Waals surface area contributed by atoms with Crippen molar-refractivity contribution in [2.24, 2.45) is 0 Å². The third-order valence-electron chi connectivity index (χ3n) is 2.81. The van der Waals surface area contributed by atoms with E-state index in [1.807, 2.05) is 0 Å². The van der Waals surface area contributed by atoms with Gasteiger partial charge in [0.1, 0.15) is 0 Å². The average molecular weight is 244 g/mol. The van der Waals surface area contributed by atoms with Crippen LogP contribution in [0.3, 0.4) is 0 Å². The first-order valence-electron chi connectivity index (χ1n) is 7.58. The zero-order valence-electron chi connectivity index (χ0n) is 12.2. The van der Waals surface area contributed by atoms with Crippen LogP contribution in [-0.4, -0.2) is 19.5 Å². The lowest BCUT2D eigenvalue weighted by molar-refractivity contribution is -0.146. The van der Waals surface area contributed by atoms with Crippen molar-refractivity contribution < 1.29 is 9.47 Å². The molecule has 0 bridgehead atoms. The first kappa shape index (κ1) is 16.9. The van der Waals surface area contributed by atoms with Crippen LogP contribution in [-0.2, 0) is 9.47 Å². The molecule has 0 aromatic carbocycles. The van der Waals surface area contributed by atoms with Gasteiger partial charge in [-0.1, -0.05) is 52.9 Å². The van der Waals surface area contributed by atoms with Crippen molar-refractivity contribution in [3.8, 4) is 0 Å². The van der Waals surface area contributed by atoms with Crippen molar-refractivity contribution in [3.05, 3.63) is 0 Å². The summed E-state index contributed by atoms with van der Waals surface area (Å²) < 4.78 is 11.4. The normalized spacial score (nSPS) is 11.3. The van der Waals surface area contributed by atoms with Crippen molar-refractivity contribution in [2.45, 2.75) is 84.8 Å². The van der Waals surface area contributed by atoms with Gasteiger partial charge in [0.15, 0.2) is 6.29 Å². The number of unbranched alkanes of at least 4 members (excludes halogenated alkanes) is 5. The van der Waals surface area contributed by atoms with Gasteiger partial charge >= 0.3 is 0 Å². The van der Waals surface area contributed by atoms with Crippen molar-refractivity contribution >= 4 is 0 Å². The maximum Gasteiger partial charge on any atom is 0.157 e. The Morgan fingerprint density at radius 2 is 1.18 bits per heavy atom. The van der Waals surface area contributed by atoms with E-state index in [0.717, 1.165) is 32.5 Å². The van der Waals surface area contributed by atoms with E-state index in [9.17, 15) is 0 Å². The Morgan fingerprint density at radius 1 is 0.647 bits per heavy atom. The van der Waals surface area contributed by atoms with E-state index in [1.165, 1.54) is 38.5 Å². The van der Waals surface area contributed by atoms with Crippen LogP contribution in [0.5, 0.6) is 0 Å². The largest absolute Gasteiger partial charge is 0.353 e. The predicted molar refractivity (Wildman–Crippen MR) is 74.3 cm³/mol. The number of ether oxygens (including phenoxy) is 2. The molecular weight excluding hydrogens is 212 g/mol. The molecule has 2 heteroatoms. The van der Waals surface area contributed by atoms with Gasteiger partial charge in [0, 0.05) is 13.2 Å². The predicted octanol–water partition coefficient (Wildman–Crippen LogP) is 4.92. The highest BCUT2D eigenvalue weighted by molar-refractivity contribution is 4.50. The minimum atomic E-state index is 0.0427. The average Bonchev–Trinajstić information content (AvgIpc) is 2.35. The van der Waals surface area contributed by atoms with Crippen LogP contribution in [0.15, 0.2) is 0 Å². The summed E-state index contributed by atoms with van der Waals surface area (Å²) in [7, 11) is 0. The molecule has 0 rings (SSSR count). The highest BCUT2D eigenvalue weighted by Gasteiger charge is 2.07. The minimum Gasteiger partial charge on any atom is -0.353 e. The lowest BCUT2D eigenvalue weighted by Gasteiger charge is -2.17. The maximum atomic E-state index is 5.70. The van der Waals surface area contributed by atoms with Gasteiger partial charge in [0.05, 0.1) is 0 Å². The van der Waals surface area contributed by atoms with E-state index >= 15 is 0 Å². The lowest BCUT2D eigenvalue weighted by Crippen LogP contribution is -2.18. The molecule has 0 aliphatic heterocycles. The van der Waals surface area contributed by atoms with Crippen LogP contribution in [0, 0.1) is 0 Å². The summed E-state index contributed by atoms with van der Waals surface area (Å²) in [6, 6.07) is 0. The number of rotatable bonds is 13. The Hall–Kier alpha value is -0.0800. The quantitative estimate of drug-likeness (QED) is 0.338. The van der Waals surface area contributed by atoms with Crippen LogP contribution >= 0.6 is 0 Å². The highest BCUT2D eigenvalue weighted by atomic mass is 16.7. The molecular formula is C15H32O2. The van der Waals surface area contributed by atoms with Gasteiger partial charge in [-0.15, -0.1) is 0 Å². The molecule has 2 nitrogen and oxygen atoms in total. The fourth-order valence-corrected chi connectivity index (χ4v) is 1.80. The van der Waals surface area contributed by atoms with Crippen molar-refractivity contribution in [1.29, 1.82) is 0 Å². The molecule has 0 N–H and O–H groups in total. The Labute approximate surface area is 108 Å². The molecule has 0 aliphatic rings. The van der Waals surface area contributed by atoms with E-state index in [-0.39, 0.29) is 6.29 Å². The molecule has 0 aromatic rings. The van der Waals surface area contributed by atoms with Crippen LogP contribution in [0.1, 0.15) is 78.6 Å². The Morgan fingerprint density at radius 3 is 1.71 bits per heavy atom. The van der Waals surface area contributed by atoms with E-state index in [1.54, 1.807) is 0 Å². The van der Waals surface area contributed by atoms with Gasteiger partial charge in [-0.2, -0.15) is 0 Å². The first-order valence-corrected chi connectivity index (χ1v) is 7.58. The molecule has 0 heterocycles. The van der Waals surface area contributed by atoms with Crippen LogP contribution < -0.4 is 0 Å².